The van der Waals surface area contributed by atoms with E-state index in [9.17, 15) is 19.7 Å². The number of anilines is 1. The number of amides is 3. The van der Waals surface area contributed by atoms with Gasteiger partial charge in [0.2, 0.25) is 0 Å². The first-order valence-electron chi connectivity index (χ1n) is 8.37. The van der Waals surface area contributed by atoms with Gasteiger partial charge in [0.15, 0.2) is 0 Å². The highest BCUT2D eigenvalue weighted by Crippen LogP contribution is 2.29. The first-order chi connectivity index (χ1) is 13.4. The Morgan fingerprint density at radius 1 is 1.21 bits per heavy atom. The number of nitro benzene ring substituents is 1. The van der Waals surface area contributed by atoms with Crippen LogP contribution in [0.1, 0.15) is 18.5 Å². The van der Waals surface area contributed by atoms with Gasteiger partial charge >= 0.3 is 6.03 Å². The molecule has 1 aliphatic heterocycles. The Hall–Kier alpha value is -3.33. The van der Waals surface area contributed by atoms with Gasteiger partial charge in [-0.15, -0.1) is 11.8 Å². The standard InChI is InChI=1S/C19H18N4O4S/c1-11-16(18(24)21-13-4-3-5-14(10-13)23(26)27)17(22-19(25)20-11)12-6-8-15(28-2)9-7-12/h3-10,17H,1-2H3,(H,21,24)(H2,20,22,25)/t17-/m0/s1. The van der Waals surface area contributed by atoms with Crippen LogP contribution in [0.4, 0.5) is 16.2 Å². The molecule has 1 aliphatic rings. The zero-order valence-electron chi connectivity index (χ0n) is 15.2. The van der Waals surface area contributed by atoms with E-state index < -0.39 is 22.9 Å². The number of nitrogens with zero attached hydrogens (tertiary/aromatic N) is 1. The summed E-state index contributed by atoms with van der Waals surface area (Å²) in [5, 5.41) is 19.0. The average molecular weight is 398 g/mol. The van der Waals surface area contributed by atoms with E-state index in [4.69, 9.17) is 0 Å². The second kappa shape index (κ2) is 8.13. The fraction of sp³-hybridized carbons (Fsp3) is 0.158. The van der Waals surface area contributed by atoms with Crippen molar-refractivity contribution in [2.24, 2.45) is 0 Å². The first kappa shape index (κ1) is 19.4. The molecule has 0 radical (unpaired) electrons. The molecular weight excluding hydrogens is 380 g/mol. The third kappa shape index (κ3) is 4.15. The van der Waals surface area contributed by atoms with Crippen LogP contribution in [0.25, 0.3) is 0 Å². The summed E-state index contributed by atoms with van der Waals surface area (Å²) in [4.78, 5) is 36.4. The molecule has 2 aromatic carbocycles. The fourth-order valence-electron chi connectivity index (χ4n) is 2.94. The summed E-state index contributed by atoms with van der Waals surface area (Å²) >= 11 is 1.59. The van der Waals surface area contributed by atoms with Crippen molar-refractivity contribution in [3.63, 3.8) is 0 Å². The van der Waals surface area contributed by atoms with Crippen molar-refractivity contribution < 1.29 is 14.5 Å². The lowest BCUT2D eigenvalue weighted by molar-refractivity contribution is -0.384. The summed E-state index contributed by atoms with van der Waals surface area (Å²) in [7, 11) is 0. The molecule has 0 fully saturated rings. The number of hydrogen-bond donors (Lipinski definition) is 3. The lowest BCUT2D eigenvalue weighted by atomic mass is 9.95. The van der Waals surface area contributed by atoms with Gasteiger partial charge in [0.05, 0.1) is 16.5 Å². The highest BCUT2D eigenvalue weighted by atomic mass is 32.2. The summed E-state index contributed by atoms with van der Waals surface area (Å²) in [5.74, 6) is -0.454. The zero-order chi connectivity index (χ0) is 20.3. The van der Waals surface area contributed by atoms with E-state index in [-0.39, 0.29) is 5.69 Å². The number of thioether (sulfide) groups is 1. The quantitative estimate of drug-likeness (QED) is 0.405. The number of urea groups is 1. The fourth-order valence-corrected chi connectivity index (χ4v) is 3.35. The van der Waals surface area contributed by atoms with Crippen LogP contribution in [0.15, 0.2) is 64.7 Å². The van der Waals surface area contributed by atoms with Crippen LogP contribution in [0.3, 0.4) is 0 Å². The third-order valence-corrected chi connectivity index (χ3v) is 5.02. The van der Waals surface area contributed by atoms with Gasteiger partial charge in [0.25, 0.3) is 11.6 Å². The van der Waals surface area contributed by atoms with Crippen molar-refractivity contribution in [2.75, 3.05) is 11.6 Å². The first-order valence-corrected chi connectivity index (χ1v) is 9.59. The van der Waals surface area contributed by atoms with Crippen LogP contribution in [0.2, 0.25) is 0 Å². The van der Waals surface area contributed by atoms with E-state index in [0.29, 0.717) is 17.0 Å². The average Bonchev–Trinajstić information content (AvgIpc) is 2.67. The molecule has 0 spiro atoms. The second-order valence-electron chi connectivity index (χ2n) is 6.10. The predicted molar refractivity (Wildman–Crippen MR) is 107 cm³/mol. The van der Waals surface area contributed by atoms with Gasteiger partial charge in [-0.25, -0.2) is 4.79 Å². The summed E-state index contributed by atoms with van der Waals surface area (Å²) in [5.41, 5.74) is 1.69. The number of rotatable bonds is 5. The van der Waals surface area contributed by atoms with Gasteiger partial charge in [-0.3, -0.25) is 14.9 Å². The monoisotopic (exact) mass is 398 g/mol. The van der Waals surface area contributed by atoms with Crippen molar-refractivity contribution in [3.05, 3.63) is 75.5 Å². The largest absolute Gasteiger partial charge is 0.327 e. The van der Waals surface area contributed by atoms with Crippen LogP contribution in [-0.4, -0.2) is 23.1 Å². The minimum absolute atomic E-state index is 0.122. The molecule has 8 nitrogen and oxygen atoms in total. The normalized spacial score (nSPS) is 16.2. The van der Waals surface area contributed by atoms with E-state index in [2.05, 4.69) is 16.0 Å². The Bertz CT molecular complexity index is 972. The molecule has 9 heteroatoms. The summed E-state index contributed by atoms with van der Waals surface area (Å²) in [6.07, 6.45) is 1.96. The van der Waals surface area contributed by atoms with E-state index in [1.165, 1.54) is 18.2 Å². The van der Waals surface area contributed by atoms with Gasteiger partial charge in [-0.05, 0) is 36.9 Å². The van der Waals surface area contributed by atoms with E-state index in [1.807, 2.05) is 30.5 Å². The molecule has 0 saturated heterocycles. The molecule has 2 aromatic rings. The predicted octanol–water partition coefficient (Wildman–Crippen LogP) is 3.58. The van der Waals surface area contributed by atoms with E-state index in [0.717, 1.165) is 10.5 Å². The Balaban J connectivity index is 1.92. The molecule has 0 unspecified atom stereocenters. The van der Waals surface area contributed by atoms with Crippen LogP contribution >= 0.6 is 11.8 Å². The van der Waals surface area contributed by atoms with Gasteiger partial charge in [0, 0.05) is 28.4 Å². The summed E-state index contributed by atoms with van der Waals surface area (Å²) in [6.45, 7) is 1.64. The molecule has 0 saturated carbocycles. The molecule has 28 heavy (non-hydrogen) atoms. The third-order valence-electron chi connectivity index (χ3n) is 4.28. The van der Waals surface area contributed by atoms with E-state index >= 15 is 0 Å². The van der Waals surface area contributed by atoms with Crippen LogP contribution < -0.4 is 16.0 Å². The molecule has 3 amide bonds. The van der Waals surface area contributed by atoms with Crippen LogP contribution in [-0.2, 0) is 4.79 Å². The molecule has 0 aliphatic carbocycles. The maximum atomic E-state index is 12.9. The molecule has 3 N–H and O–H groups in total. The van der Waals surface area contributed by atoms with Gasteiger partial charge in [-0.2, -0.15) is 0 Å². The molecule has 0 bridgehead atoms. The van der Waals surface area contributed by atoms with E-state index in [1.54, 1.807) is 24.8 Å². The molecule has 1 heterocycles. The lowest BCUT2D eigenvalue weighted by Gasteiger charge is -2.28. The second-order valence-corrected chi connectivity index (χ2v) is 6.98. The maximum Gasteiger partial charge on any atom is 0.319 e. The smallest absolute Gasteiger partial charge is 0.319 e. The number of carbonyl (C=O) groups excluding carboxylic acids is 2. The highest BCUT2D eigenvalue weighted by molar-refractivity contribution is 7.98. The summed E-state index contributed by atoms with van der Waals surface area (Å²) in [6, 6.07) is 12.2. The topological polar surface area (TPSA) is 113 Å². The number of nitro groups is 1. The highest BCUT2D eigenvalue weighted by Gasteiger charge is 2.31. The Morgan fingerprint density at radius 2 is 1.93 bits per heavy atom. The van der Waals surface area contributed by atoms with Crippen molar-refractivity contribution in [2.45, 2.75) is 17.9 Å². The number of carbonyl (C=O) groups is 2. The number of benzene rings is 2. The van der Waals surface area contributed by atoms with Crippen molar-refractivity contribution in [3.8, 4) is 0 Å². The minimum atomic E-state index is -0.636. The molecule has 0 aromatic heterocycles. The Kier molecular flexibility index (Phi) is 5.65. The lowest BCUT2D eigenvalue weighted by Crippen LogP contribution is -2.45. The maximum absolute atomic E-state index is 12.9. The van der Waals surface area contributed by atoms with Crippen molar-refractivity contribution in [1.29, 1.82) is 0 Å². The number of allylic oxidation sites excluding steroid dienone is 1. The van der Waals surface area contributed by atoms with Gasteiger partial charge in [-0.1, -0.05) is 18.2 Å². The van der Waals surface area contributed by atoms with Crippen LogP contribution in [0.5, 0.6) is 0 Å². The number of hydrogen-bond acceptors (Lipinski definition) is 5. The molecule has 3 rings (SSSR count). The number of non-ortho nitro benzene ring substituents is 1. The Morgan fingerprint density at radius 3 is 2.57 bits per heavy atom. The minimum Gasteiger partial charge on any atom is -0.327 e. The molecule has 144 valence electrons. The molecular formula is C19H18N4O4S. The SMILES string of the molecule is CSc1ccc([C@@H]2NC(=O)NC(C)=C2C(=O)Nc2cccc([N+](=O)[O-])c2)cc1. The Labute approximate surface area is 165 Å². The van der Waals surface area contributed by atoms with Crippen LogP contribution in [0, 0.1) is 10.1 Å². The van der Waals surface area contributed by atoms with Gasteiger partial charge in [0.1, 0.15) is 0 Å². The zero-order valence-corrected chi connectivity index (χ0v) is 16.0. The molecule has 1 atom stereocenters. The number of nitrogens with one attached hydrogen (secondary N) is 3. The van der Waals surface area contributed by atoms with Gasteiger partial charge < -0.3 is 16.0 Å². The van der Waals surface area contributed by atoms with Crippen molar-refractivity contribution in [1.82, 2.24) is 10.6 Å². The summed E-state index contributed by atoms with van der Waals surface area (Å²) < 4.78 is 0. The van der Waals surface area contributed by atoms with Crippen molar-refractivity contribution >= 4 is 35.1 Å².